The molecule has 0 amide bonds. The third-order valence-corrected chi connectivity index (χ3v) is 4.66. The molecule has 0 radical (unpaired) electrons. The fraction of sp³-hybridized carbons (Fsp3) is 0.250. The molecule has 2 aromatic heterocycles. The summed E-state index contributed by atoms with van der Waals surface area (Å²) >= 11 is 1.40. The van der Waals surface area contributed by atoms with Gasteiger partial charge in [0.05, 0.1) is 12.5 Å². The lowest BCUT2D eigenvalue weighted by atomic mass is 10.2. The summed E-state index contributed by atoms with van der Waals surface area (Å²) in [5.41, 5.74) is 0.687. The molecule has 23 heavy (non-hydrogen) atoms. The molecular weight excluding hydrogens is 314 g/mol. The zero-order chi connectivity index (χ0) is 16.4. The SMILES string of the molecule is CC[C@H](C(=O)OC)n1nnc2sc(-c3ccccc3)cc2c1=O. The number of esters is 1. The van der Waals surface area contributed by atoms with Gasteiger partial charge in [-0.1, -0.05) is 42.5 Å². The molecule has 0 unspecified atom stereocenters. The van der Waals surface area contributed by atoms with Crippen LogP contribution in [0, 0.1) is 0 Å². The number of aromatic nitrogens is 3. The van der Waals surface area contributed by atoms with Gasteiger partial charge >= 0.3 is 5.97 Å². The van der Waals surface area contributed by atoms with Crippen molar-refractivity contribution in [1.29, 1.82) is 0 Å². The Labute approximate surface area is 136 Å². The van der Waals surface area contributed by atoms with E-state index in [9.17, 15) is 9.59 Å². The van der Waals surface area contributed by atoms with Crippen molar-refractivity contribution >= 4 is 27.5 Å². The second-order valence-electron chi connectivity index (χ2n) is 4.98. The maximum absolute atomic E-state index is 12.7. The minimum absolute atomic E-state index is 0.328. The van der Waals surface area contributed by atoms with Crippen molar-refractivity contribution in [1.82, 2.24) is 15.0 Å². The van der Waals surface area contributed by atoms with Gasteiger partial charge in [0, 0.05) is 4.88 Å². The average Bonchev–Trinajstić information content (AvgIpc) is 3.03. The lowest BCUT2D eigenvalue weighted by Crippen LogP contribution is -2.32. The van der Waals surface area contributed by atoms with Crippen LogP contribution in [0.3, 0.4) is 0 Å². The topological polar surface area (TPSA) is 74.1 Å². The first-order valence-corrected chi connectivity index (χ1v) is 7.99. The number of rotatable bonds is 4. The summed E-state index contributed by atoms with van der Waals surface area (Å²) in [6.07, 6.45) is 0.405. The molecule has 0 spiro atoms. The smallest absolute Gasteiger partial charge is 0.330 e. The van der Waals surface area contributed by atoms with Gasteiger partial charge in [-0.3, -0.25) is 4.79 Å². The van der Waals surface area contributed by atoms with E-state index in [4.69, 9.17) is 4.74 Å². The molecule has 3 rings (SSSR count). The van der Waals surface area contributed by atoms with E-state index < -0.39 is 12.0 Å². The fourth-order valence-corrected chi connectivity index (χ4v) is 3.36. The number of hydrogen-bond donors (Lipinski definition) is 0. The zero-order valence-electron chi connectivity index (χ0n) is 12.7. The Bertz CT molecular complexity index is 902. The third kappa shape index (κ3) is 2.75. The van der Waals surface area contributed by atoms with Crippen LogP contribution < -0.4 is 5.56 Å². The first-order valence-electron chi connectivity index (χ1n) is 7.18. The van der Waals surface area contributed by atoms with Crippen LogP contribution in [0.4, 0.5) is 0 Å². The van der Waals surface area contributed by atoms with E-state index in [1.807, 2.05) is 30.3 Å². The summed E-state index contributed by atoms with van der Waals surface area (Å²) < 4.78 is 5.84. The number of thiophene rings is 1. The van der Waals surface area contributed by atoms with Crippen LogP contribution in [0.15, 0.2) is 41.2 Å². The largest absolute Gasteiger partial charge is 0.467 e. The summed E-state index contributed by atoms with van der Waals surface area (Å²) in [6.45, 7) is 1.79. The summed E-state index contributed by atoms with van der Waals surface area (Å²) in [6, 6.07) is 10.8. The van der Waals surface area contributed by atoms with E-state index in [1.165, 1.54) is 18.4 Å². The average molecular weight is 329 g/mol. The summed E-state index contributed by atoms with van der Waals surface area (Å²) in [5.74, 6) is -0.498. The first kappa shape index (κ1) is 15.4. The highest BCUT2D eigenvalue weighted by Gasteiger charge is 2.23. The predicted octanol–water partition coefficient (Wildman–Crippen LogP) is 2.64. The minimum Gasteiger partial charge on any atom is -0.467 e. The van der Waals surface area contributed by atoms with Gasteiger partial charge in [0.1, 0.15) is 0 Å². The van der Waals surface area contributed by atoms with E-state index in [2.05, 4.69) is 10.3 Å². The van der Waals surface area contributed by atoms with Gasteiger partial charge in [-0.15, -0.1) is 16.4 Å². The second kappa shape index (κ2) is 6.29. The van der Waals surface area contributed by atoms with Gasteiger partial charge in [-0.05, 0) is 18.1 Å². The number of carbonyl (C=O) groups is 1. The maximum Gasteiger partial charge on any atom is 0.330 e. The van der Waals surface area contributed by atoms with Crippen LogP contribution in [0.1, 0.15) is 19.4 Å². The molecule has 6 nitrogen and oxygen atoms in total. The third-order valence-electron chi connectivity index (χ3n) is 3.60. The number of nitrogens with zero attached hydrogens (tertiary/aromatic N) is 3. The van der Waals surface area contributed by atoms with Gasteiger partial charge < -0.3 is 4.74 Å². The van der Waals surface area contributed by atoms with E-state index in [1.54, 1.807) is 13.0 Å². The Balaban J connectivity index is 2.13. The molecule has 0 aliphatic rings. The first-order chi connectivity index (χ1) is 11.2. The van der Waals surface area contributed by atoms with Crippen molar-refractivity contribution in [3.63, 3.8) is 0 Å². The molecule has 0 N–H and O–H groups in total. The number of carbonyl (C=O) groups excluding carboxylic acids is 1. The Hall–Kier alpha value is -2.54. The second-order valence-corrected chi connectivity index (χ2v) is 6.01. The van der Waals surface area contributed by atoms with Gasteiger partial charge in [-0.2, -0.15) is 4.68 Å². The minimum atomic E-state index is -0.760. The van der Waals surface area contributed by atoms with Crippen LogP contribution in [-0.2, 0) is 9.53 Å². The lowest BCUT2D eigenvalue weighted by molar-refractivity contribution is -0.145. The molecule has 1 atom stereocenters. The molecular formula is C16H15N3O3S. The van der Waals surface area contributed by atoms with Gasteiger partial charge in [0.25, 0.3) is 5.56 Å². The highest BCUT2D eigenvalue weighted by atomic mass is 32.1. The Morgan fingerprint density at radius 2 is 2.09 bits per heavy atom. The standard InChI is InChI=1S/C16H15N3O3S/c1-3-12(16(21)22-2)19-15(20)11-9-13(23-14(11)17-18-19)10-7-5-4-6-8-10/h4-9,12H,3H2,1-2H3/t12-/m1/s1. The Morgan fingerprint density at radius 3 is 2.74 bits per heavy atom. The Morgan fingerprint density at radius 1 is 1.35 bits per heavy atom. The fourth-order valence-electron chi connectivity index (χ4n) is 2.39. The van der Waals surface area contributed by atoms with E-state index >= 15 is 0 Å². The van der Waals surface area contributed by atoms with Crippen molar-refractivity contribution in [2.75, 3.05) is 7.11 Å². The van der Waals surface area contributed by atoms with Crippen molar-refractivity contribution in [3.8, 4) is 10.4 Å². The maximum atomic E-state index is 12.7. The van der Waals surface area contributed by atoms with E-state index in [-0.39, 0.29) is 5.56 Å². The molecule has 3 aromatic rings. The molecule has 7 heteroatoms. The predicted molar refractivity (Wildman–Crippen MR) is 88.5 cm³/mol. The van der Waals surface area contributed by atoms with Crippen molar-refractivity contribution in [3.05, 3.63) is 46.8 Å². The number of hydrogen-bond acceptors (Lipinski definition) is 6. The highest BCUT2D eigenvalue weighted by Crippen LogP contribution is 2.30. The van der Waals surface area contributed by atoms with Crippen LogP contribution >= 0.6 is 11.3 Å². The number of fused-ring (bicyclic) bond motifs is 1. The molecule has 0 saturated carbocycles. The normalized spacial score (nSPS) is 12.3. The molecule has 0 bridgehead atoms. The summed E-state index contributed by atoms with van der Waals surface area (Å²) in [5, 5.41) is 8.48. The van der Waals surface area contributed by atoms with Crippen molar-refractivity contribution in [2.45, 2.75) is 19.4 Å². The molecule has 0 aliphatic carbocycles. The zero-order valence-corrected chi connectivity index (χ0v) is 13.5. The quantitative estimate of drug-likeness (QED) is 0.688. The molecule has 1 aromatic carbocycles. The lowest BCUT2D eigenvalue weighted by Gasteiger charge is -2.12. The number of benzene rings is 1. The number of ether oxygens (including phenoxy) is 1. The van der Waals surface area contributed by atoms with Crippen LogP contribution in [0.5, 0.6) is 0 Å². The van der Waals surface area contributed by atoms with Gasteiger partial charge in [0.2, 0.25) is 0 Å². The van der Waals surface area contributed by atoms with Crippen LogP contribution in [0.25, 0.3) is 20.7 Å². The Kier molecular flexibility index (Phi) is 4.20. The van der Waals surface area contributed by atoms with Gasteiger partial charge in [0.15, 0.2) is 10.9 Å². The summed E-state index contributed by atoms with van der Waals surface area (Å²) in [4.78, 5) is 26.0. The molecule has 2 heterocycles. The molecule has 0 saturated heterocycles. The van der Waals surface area contributed by atoms with Crippen molar-refractivity contribution < 1.29 is 9.53 Å². The monoisotopic (exact) mass is 329 g/mol. The highest BCUT2D eigenvalue weighted by molar-refractivity contribution is 7.21. The van der Waals surface area contributed by atoms with Crippen molar-refractivity contribution in [2.24, 2.45) is 0 Å². The summed E-state index contributed by atoms with van der Waals surface area (Å²) in [7, 11) is 1.29. The molecule has 118 valence electrons. The van der Waals surface area contributed by atoms with E-state index in [0.29, 0.717) is 16.6 Å². The number of methoxy groups -OCH3 is 1. The van der Waals surface area contributed by atoms with E-state index in [0.717, 1.165) is 15.1 Å². The van der Waals surface area contributed by atoms with Gasteiger partial charge in [-0.25, -0.2) is 4.79 Å². The molecule has 0 fully saturated rings. The van der Waals surface area contributed by atoms with Crippen LogP contribution in [0.2, 0.25) is 0 Å². The van der Waals surface area contributed by atoms with Crippen LogP contribution in [-0.4, -0.2) is 28.1 Å². The molecule has 0 aliphatic heterocycles.